The SMILES string of the molecule is C[C@]1(c2cc(Br)ccc2F)N=C(N)S[C@@]2(C(F)F)C[C@@H]12. The van der Waals surface area contributed by atoms with E-state index < -0.39 is 28.4 Å². The van der Waals surface area contributed by atoms with E-state index in [-0.39, 0.29) is 5.17 Å². The van der Waals surface area contributed by atoms with Gasteiger partial charge in [-0.15, -0.1) is 0 Å². The summed E-state index contributed by atoms with van der Waals surface area (Å²) in [5.74, 6) is -0.856. The standard InChI is InChI=1S/C13H12BrF3N2S/c1-12(7-4-6(14)2-3-8(7)15)9-5-13(9,10(16)17)20-11(18)19-12/h2-4,9-10H,5H2,1H3,(H2,18,19)/t9-,12+,13-/m0/s1. The summed E-state index contributed by atoms with van der Waals surface area (Å²) < 4.78 is 40.2. The van der Waals surface area contributed by atoms with Gasteiger partial charge in [-0.2, -0.15) is 0 Å². The summed E-state index contributed by atoms with van der Waals surface area (Å²) in [6.45, 7) is 1.68. The molecular weight excluding hydrogens is 353 g/mol. The Morgan fingerprint density at radius 1 is 1.50 bits per heavy atom. The maximum Gasteiger partial charge on any atom is 0.253 e. The van der Waals surface area contributed by atoms with Crippen molar-refractivity contribution in [2.24, 2.45) is 16.6 Å². The van der Waals surface area contributed by atoms with Crippen molar-refractivity contribution in [2.75, 3.05) is 0 Å². The van der Waals surface area contributed by atoms with Crippen LogP contribution >= 0.6 is 27.7 Å². The number of halogens is 4. The number of fused-ring (bicyclic) bond motifs is 1. The molecule has 7 heteroatoms. The van der Waals surface area contributed by atoms with Crippen molar-refractivity contribution in [2.45, 2.75) is 30.1 Å². The lowest BCUT2D eigenvalue weighted by molar-refractivity contribution is 0.124. The first-order valence-corrected chi connectivity index (χ1v) is 7.68. The highest BCUT2D eigenvalue weighted by molar-refractivity contribution is 9.10. The second-order valence-corrected chi connectivity index (χ2v) is 7.63. The maximum absolute atomic E-state index is 14.1. The van der Waals surface area contributed by atoms with Crippen molar-refractivity contribution in [3.63, 3.8) is 0 Å². The molecule has 2 N–H and O–H groups in total. The van der Waals surface area contributed by atoms with Crippen LogP contribution in [0.1, 0.15) is 18.9 Å². The predicted molar refractivity (Wildman–Crippen MR) is 77.5 cm³/mol. The van der Waals surface area contributed by atoms with Crippen molar-refractivity contribution in [3.05, 3.63) is 34.1 Å². The van der Waals surface area contributed by atoms with Gasteiger partial charge in [-0.1, -0.05) is 27.7 Å². The van der Waals surface area contributed by atoms with E-state index >= 15 is 0 Å². The van der Waals surface area contributed by atoms with E-state index in [9.17, 15) is 13.2 Å². The number of aliphatic imine (C=N–C) groups is 1. The second-order valence-electron chi connectivity index (χ2n) is 5.34. The molecule has 1 aliphatic carbocycles. The van der Waals surface area contributed by atoms with Crippen LogP contribution in [0.15, 0.2) is 27.7 Å². The van der Waals surface area contributed by atoms with Crippen LogP contribution in [0.2, 0.25) is 0 Å². The van der Waals surface area contributed by atoms with Gasteiger partial charge in [0.25, 0.3) is 6.43 Å². The number of thioether (sulfide) groups is 1. The van der Waals surface area contributed by atoms with Crippen LogP contribution in [-0.4, -0.2) is 16.3 Å². The lowest BCUT2D eigenvalue weighted by Crippen LogP contribution is -2.38. The highest BCUT2D eigenvalue weighted by atomic mass is 79.9. The predicted octanol–water partition coefficient (Wildman–Crippen LogP) is 3.89. The third-order valence-corrected chi connectivity index (χ3v) is 5.91. The Hall–Kier alpha value is -0.690. The number of nitrogens with two attached hydrogens (primary N) is 1. The summed E-state index contributed by atoms with van der Waals surface area (Å²) >= 11 is 4.20. The molecule has 0 bridgehead atoms. The van der Waals surface area contributed by atoms with E-state index in [4.69, 9.17) is 5.73 Å². The molecule has 3 rings (SSSR count). The number of benzene rings is 1. The van der Waals surface area contributed by atoms with E-state index in [0.717, 1.165) is 11.8 Å². The minimum atomic E-state index is -2.50. The zero-order valence-corrected chi connectivity index (χ0v) is 12.9. The van der Waals surface area contributed by atoms with Gasteiger partial charge in [0.1, 0.15) is 5.82 Å². The van der Waals surface area contributed by atoms with E-state index in [1.165, 1.54) is 6.07 Å². The first kappa shape index (κ1) is 14.3. The molecule has 0 unspecified atom stereocenters. The molecule has 1 heterocycles. The minimum absolute atomic E-state index is 0.0981. The van der Waals surface area contributed by atoms with Crippen LogP contribution in [0.25, 0.3) is 0 Å². The summed E-state index contributed by atoms with van der Waals surface area (Å²) in [4.78, 5) is 4.30. The van der Waals surface area contributed by atoms with Crippen molar-refractivity contribution in [3.8, 4) is 0 Å². The Bertz CT molecular complexity index is 609. The second kappa shape index (κ2) is 4.40. The average molecular weight is 365 g/mol. The molecule has 0 amide bonds. The van der Waals surface area contributed by atoms with Crippen molar-refractivity contribution in [1.29, 1.82) is 0 Å². The normalized spacial score (nSPS) is 35.7. The molecule has 2 nitrogen and oxygen atoms in total. The Morgan fingerprint density at radius 2 is 2.20 bits per heavy atom. The van der Waals surface area contributed by atoms with Crippen molar-refractivity contribution < 1.29 is 13.2 Å². The fourth-order valence-corrected chi connectivity index (χ4v) is 4.69. The zero-order chi connectivity index (χ0) is 14.7. The Kier molecular flexibility index (Phi) is 3.14. The molecule has 1 aliphatic heterocycles. The van der Waals surface area contributed by atoms with Crippen molar-refractivity contribution in [1.82, 2.24) is 0 Å². The van der Waals surface area contributed by atoms with Gasteiger partial charge in [0.05, 0.1) is 10.3 Å². The molecule has 3 atom stereocenters. The molecular formula is C13H12BrF3N2S. The number of amidine groups is 1. The molecule has 0 spiro atoms. The number of hydrogen-bond donors (Lipinski definition) is 1. The summed E-state index contributed by atoms with van der Waals surface area (Å²) in [5.41, 5.74) is 4.99. The Labute approximate surface area is 127 Å². The van der Waals surface area contributed by atoms with Crippen LogP contribution < -0.4 is 5.73 Å². The van der Waals surface area contributed by atoms with Gasteiger partial charge < -0.3 is 5.73 Å². The Balaban J connectivity index is 2.12. The van der Waals surface area contributed by atoms with Gasteiger partial charge in [0.2, 0.25) is 0 Å². The van der Waals surface area contributed by atoms with E-state index in [2.05, 4.69) is 20.9 Å². The number of rotatable bonds is 2. The quantitative estimate of drug-likeness (QED) is 0.864. The highest BCUT2D eigenvalue weighted by Gasteiger charge is 2.71. The molecule has 0 aromatic heterocycles. The van der Waals surface area contributed by atoms with Gasteiger partial charge >= 0.3 is 0 Å². The summed E-state index contributed by atoms with van der Waals surface area (Å²) in [7, 11) is 0. The van der Waals surface area contributed by atoms with Gasteiger partial charge in [-0.3, -0.25) is 4.99 Å². The minimum Gasteiger partial charge on any atom is -0.378 e. The number of hydrogen-bond acceptors (Lipinski definition) is 3. The first-order valence-electron chi connectivity index (χ1n) is 6.07. The fraction of sp³-hybridized carbons (Fsp3) is 0.462. The topological polar surface area (TPSA) is 38.4 Å². The lowest BCUT2D eigenvalue weighted by Gasteiger charge is -2.34. The Morgan fingerprint density at radius 3 is 2.85 bits per heavy atom. The molecule has 0 radical (unpaired) electrons. The third kappa shape index (κ3) is 1.89. The molecule has 0 saturated heterocycles. The monoisotopic (exact) mass is 364 g/mol. The van der Waals surface area contributed by atoms with Gasteiger partial charge in [0, 0.05) is 16.0 Å². The van der Waals surface area contributed by atoms with Crippen LogP contribution in [0.3, 0.4) is 0 Å². The molecule has 2 aliphatic rings. The number of nitrogens with zero attached hydrogens (tertiary/aromatic N) is 1. The maximum atomic E-state index is 14.1. The molecule has 1 aromatic rings. The van der Waals surface area contributed by atoms with E-state index in [1.807, 2.05) is 0 Å². The molecule has 1 aromatic carbocycles. The summed E-state index contributed by atoms with van der Waals surface area (Å²) in [6, 6.07) is 4.47. The smallest absolute Gasteiger partial charge is 0.253 e. The van der Waals surface area contributed by atoms with Crippen LogP contribution in [0, 0.1) is 11.7 Å². The fourth-order valence-electron chi connectivity index (χ4n) is 2.99. The van der Waals surface area contributed by atoms with E-state index in [1.54, 1.807) is 19.1 Å². The van der Waals surface area contributed by atoms with Crippen molar-refractivity contribution >= 4 is 32.9 Å². The van der Waals surface area contributed by atoms with Gasteiger partial charge in [-0.05, 0) is 31.5 Å². The first-order chi connectivity index (χ1) is 9.29. The lowest BCUT2D eigenvalue weighted by atomic mass is 9.86. The summed E-state index contributed by atoms with van der Waals surface area (Å²) in [5, 5.41) is 0.0981. The molecule has 1 fully saturated rings. The van der Waals surface area contributed by atoms with Crippen LogP contribution in [0.5, 0.6) is 0 Å². The van der Waals surface area contributed by atoms with Gasteiger partial charge in [-0.25, -0.2) is 13.2 Å². The number of alkyl halides is 2. The summed E-state index contributed by atoms with van der Waals surface area (Å²) in [6.07, 6.45) is -2.21. The van der Waals surface area contributed by atoms with E-state index in [0.29, 0.717) is 16.5 Å². The van der Waals surface area contributed by atoms with Gasteiger partial charge in [0.15, 0.2) is 5.17 Å². The third-order valence-electron chi connectivity index (χ3n) is 4.11. The largest absolute Gasteiger partial charge is 0.378 e. The average Bonchev–Trinajstić information content (AvgIpc) is 3.09. The molecule has 1 saturated carbocycles. The highest BCUT2D eigenvalue weighted by Crippen LogP contribution is 2.68. The van der Waals surface area contributed by atoms with Crippen LogP contribution in [0.4, 0.5) is 13.2 Å². The zero-order valence-electron chi connectivity index (χ0n) is 10.5. The molecule has 108 valence electrons. The molecule has 20 heavy (non-hydrogen) atoms. The van der Waals surface area contributed by atoms with Crippen LogP contribution in [-0.2, 0) is 5.54 Å².